The number of pyridine rings is 3. The zero-order valence-corrected chi connectivity index (χ0v) is 17.4. The van der Waals surface area contributed by atoms with E-state index in [1.165, 1.54) is 18.3 Å². The number of rotatable bonds is 5. The summed E-state index contributed by atoms with van der Waals surface area (Å²) in [5.74, 6) is 1.08. The second-order valence-electron chi connectivity index (χ2n) is 8.68. The molecule has 8 heteroatoms. The van der Waals surface area contributed by atoms with Gasteiger partial charge in [0, 0.05) is 24.2 Å². The molecule has 0 radical (unpaired) electrons. The number of aromatic amines is 1. The normalized spacial score (nSPS) is 24.2. The highest BCUT2D eigenvalue weighted by molar-refractivity contribution is 5.94. The fourth-order valence-electron chi connectivity index (χ4n) is 4.85. The summed E-state index contributed by atoms with van der Waals surface area (Å²) in [6.07, 6.45) is 9.43. The topological polar surface area (TPSA) is 97.0 Å². The monoisotopic (exact) mass is 434 g/mol. The number of nitrogens with one attached hydrogen (secondary N) is 2. The van der Waals surface area contributed by atoms with Crippen LogP contribution in [0, 0.1) is 17.2 Å². The van der Waals surface area contributed by atoms with Crippen molar-refractivity contribution in [1.29, 1.82) is 0 Å². The van der Waals surface area contributed by atoms with Gasteiger partial charge in [0.25, 0.3) is 0 Å². The summed E-state index contributed by atoms with van der Waals surface area (Å²) in [6.45, 7) is 0. The van der Waals surface area contributed by atoms with E-state index in [1.54, 1.807) is 24.4 Å². The van der Waals surface area contributed by atoms with Gasteiger partial charge in [-0.1, -0.05) is 12.5 Å². The van der Waals surface area contributed by atoms with Crippen LogP contribution in [0.1, 0.15) is 43.6 Å². The number of H-pyrrole nitrogens is 1. The van der Waals surface area contributed by atoms with E-state index in [0.29, 0.717) is 17.5 Å². The first-order valence-electron chi connectivity index (χ1n) is 10.8. The molecule has 2 aliphatic carbocycles. The number of carbonyl (C=O) groups excluding carboxylic acids is 1. The van der Waals surface area contributed by atoms with Gasteiger partial charge in [-0.15, -0.1) is 0 Å². The summed E-state index contributed by atoms with van der Waals surface area (Å²) < 4.78 is 18.5. The number of halogens is 1. The van der Waals surface area contributed by atoms with E-state index in [-0.39, 0.29) is 28.7 Å². The minimum absolute atomic E-state index is 0.00603. The second kappa shape index (κ2) is 8.18. The molecule has 0 bridgehead atoms. The Morgan fingerprint density at radius 3 is 2.75 bits per heavy atom. The first-order chi connectivity index (χ1) is 15.5. The van der Waals surface area contributed by atoms with Crippen LogP contribution in [0.25, 0.3) is 0 Å². The Labute approximate surface area is 184 Å². The van der Waals surface area contributed by atoms with Crippen molar-refractivity contribution in [2.24, 2.45) is 11.3 Å². The molecule has 2 N–H and O–H groups in total. The van der Waals surface area contributed by atoms with Gasteiger partial charge in [-0.3, -0.25) is 9.59 Å². The van der Waals surface area contributed by atoms with E-state index in [4.69, 9.17) is 4.74 Å². The van der Waals surface area contributed by atoms with Crippen LogP contribution in [0.4, 0.5) is 10.2 Å². The fourth-order valence-corrected chi connectivity index (χ4v) is 4.85. The summed E-state index contributed by atoms with van der Waals surface area (Å²) in [4.78, 5) is 35.1. The maximum absolute atomic E-state index is 12.9. The largest absolute Gasteiger partial charge is 0.437 e. The molecule has 32 heavy (non-hydrogen) atoms. The SMILES string of the molecule is O=C(Nc1ccc(Oc2ccc(F)cn2)cn1)[C@@H]1C[C@]12CCC[C@@H](c1ccc(=O)[nH]c1)C2. The average Bonchev–Trinajstić information content (AvgIpc) is 3.50. The summed E-state index contributed by atoms with van der Waals surface area (Å²) in [7, 11) is 0. The number of nitrogens with zero attached hydrogens (tertiary/aromatic N) is 2. The van der Waals surface area contributed by atoms with E-state index in [2.05, 4.69) is 20.3 Å². The van der Waals surface area contributed by atoms with Crippen molar-refractivity contribution in [1.82, 2.24) is 15.0 Å². The minimum atomic E-state index is -0.436. The quantitative estimate of drug-likeness (QED) is 0.620. The Morgan fingerprint density at radius 2 is 2.03 bits per heavy atom. The Balaban J connectivity index is 1.19. The van der Waals surface area contributed by atoms with Gasteiger partial charge in [-0.05, 0) is 60.8 Å². The lowest BCUT2D eigenvalue weighted by molar-refractivity contribution is -0.118. The van der Waals surface area contributed by atoms with E-state index in [1.807, 2.05) is 6.07 Å². The highest BCUT2D eigenvalue weighted by Gasteiger charge is 2.59. The van der Waals surface area contributed by atoms with Crippen molar-refractivity contribution in [3.63, 3.8) is 0 Å². The van der Waals surface area contributed by atoms with Gasteiger partial charge in [0.15, 0.2) is 0 Å². The third-order valence-corrected chi connectivity index (χ3v) is 6.58. The van der Waals surface area contributed by atoms with E-state index >= 15 is 0 Å². The van der Waals surface area contributed by atoms with Gasteiger partial charge in [0.2, 0.25) is 17.3 Å². The van der Waals surface area contributed by atoms with Crippen molar-refractivity contribution in [3.05, 3.63) is 76.7 Å². The third kappa shape index (κ3) is 4.26. The number of amides is 1. The number of ether oxygens (including phenoxy) is 1. The lowest BCUT2D eigenvalue weighted by Gasteiger charge is -2.30. The predicted octanol–water partition coefficient (Wildman–Crippen LogP) is 4.40. The molecule has 0 unspecified atom stereocenters. The molecular weight excluding hydrogens is 411 g/mol. The molecule has 0 aliphatic heterocycles. The van der Waals surface area contributed by atoms with Gasteiger partial charge in [-0.25, -0.2) is 14.4 Å². The maximum Gasteiger partial charge on any atom is 0.247 e. The standard InChI is InChI=1S/C24H23FN4O3/c25-17-4-8-22(28-13-17)32-18-5-6-20(26-14-18)29-23(31)19-11-24(19)9-1-2-15(10-24)16-3-7-21(30)27-12-16/h3-8,12-15,19H,1-2,9-11H2,(H,27,30)(H,26,29,31)/t15-,19+,24-/m1/s1. The first kappa shape index (κ1) is 20.4. The zero-order valence-electron chi connectivity index (χ0n) is 17.4. The van der Waals surface area contributed by atoms with Gasteiger partial charge in [-0.2, -0.15) is 0 Å². The average molecular weight is 434 g/mol. The maximum atomic E-state index is 12.9. The van der Waals surface area contributed by atoms with E-state index in [9.17, 15) is 14.0 Å². The predicted molar refractivity (Wildman–Crippen MR) is 116 cm³/mol. The number of hydrogen-bond donors (Lipinski definition) is 2. The van der Waals surface area contributed by atoms with Crippen LogP contribution in [0.3, 0.4) is 0 Å². The highest BCUT2D eigenvalue weighted by atomic mass is 19.1. The molecular formula is C24H23FN4O3. The molecule has 3 atom stereocenters. The molecule has 3 aromatic heterocycles. The van der Waals surface area contributed by atoms with Crippen molar-refractivity contribution in [2.45, 2.75) is 38.0 Å². The Hall–Kier alpha value is -3.55. The summed E-state index contributed by atoms with van der Waals surface area (Å²) in [6, 6.07) is 9.53. The van der Waals surface area contributed by atoms with Crippen molar-refractivity contribution in [3.8, 4) is 11.6 Å². The highest BCUT2D eigenvalue weighted by Crippen LogP contribution is 2.64. The number of anilines is 1. The molecule has 2 saturated carbocycles. The van der Waals surface area contributed by atoms with E-state index < -0.39 is 5.82 Å². The Bertz CT molecular complexity index is 1160. The summed E-state index contributed by atoms with van der Waals surface area (Å²) >= 11 is 0. The van der Waals surface area contributed by atoms with Gasteiger partial charge >= 0.3 is 0 Å². The lowest BCUT2D eigenvalue weighted by atomic mass is 9.75. The minimum Gasteiger partial charge on any atom is -0.437 e. The number of aromatic nitrogens is 3. The molecule has 3 heterocycles. The van der Waals surface area contributed by atoms with Crippen molar-refractivity contribution >= 4 is 11.7 Å². The third-order valence-electron chi connectivity index (χ3n) is 6.58. The molecule has 0 saturated heterocycles. The Kier molecular flexibility index (Phi) is 5.20. The molecule has 5 rings (SSSR count). The van der Waals surface area contributed by atoms with Crippen LogP contribution < -0.4 is 15.6 Å². The number of hydrogen-bond acceptors (Lipinski definition) is 5. The van der Waals surface area contributed by atoms with Gasteiger partial charge < -0.3 is 15.0 Å². The first-order valence-corrected chi connectivity index (χ1v) is 10.8. The van der Waals surface area contributed by atoms with Crippen LogP contribution in [-0.4, -0.2) is 20.9 Å². The number of carbonyl (C=O) groups is 1. The lowest BCUT2D eigenvalue weighted by Crippen LogP contribution is -2.23. The summed E-state index contributed by atoms with van der Waals surface area (Å²) in [5, 5.41) is 2.92. The molecule has 2 fully saturated rings. The van der Waals surface area contributed by atoms with Crippen molar-refractivity contribution in [2.75, 3.05) is 5.32 Å². The van der Waals surface area contributed by atoms with E-state index in [0.717, 1.165) is 43.9 Å². The second-order valence-corrected chi connectivity index (χ2v) is 8.68. The molecule has 7 nitrogen and oxygen atoms in total. The van der Waals surface area contributed by atoms with Crippen molar-refractivity contribution < 1.29 is 13.9 Å². The molecule has 0 aromatic carbocycles. The van der Waals surface area contributed by atoms with Gasteiger partial charge in [0.1, 0.15) is 17.4 Å². The molecule has 2 aliphatic rings. The van der Waals surface area contributed by atoms with Crippen LogP contribution in [0.2, 0.25) is 0 Å². The fraction of sp³-hybridized carbons (Fsp3) is 0.333. The molecule has 164 valence electrons. The molecule has 3 aromatic rings. The van der Waals surface area contributed by atoms with Gasteiger partial charge in [0.05, 0.1) is 12.4 Å². The van der Waals surface area contributed by atoms with Crippen LogP contribution in [0.5, 0.6) is 11.6 Å². The van der Waals surface area contributed by atoms with Crippen LogP contribution in [0.15, 0.2) is 59.8 Å². The smallest absolute Gasteiger partial charge is 0.247 e. The Morgan fingerprint density at radius 1 is 1.12 bits per heavy atom. The summed E-state index contributed by atoms with van der Waals surface area (Å²) in [5.41, 5.74) is 1.09. The zero-order chi connectivity index (χ0) is 22.1. The molecule has 1 amide bonds. The molecule has 1 spiro atoms. The van der Waals surface area contributed by atoms with Crippen LogP contribution >= 0.6 is 0 Å². The van der Waals surface area contributed by atoms with Crippen LogP contribution in [-0.2, 0) is 4.79 Å².